The van der Waals surface area contributed by atoms with Crippen LogP contribution in [0.15, 0.2) is 30.5 Å². The highest BCUT2D eigenvalue weighted by Gasteiger charge is 2.19. The highest BCUT2D eigenvalue weighted by molar-refractivity contribution is 5.95. The van der Waals surface area contributed by atoms with Crippen molar-refractivity contribution in [3.05, 3.63) is 47.3 Å². The van der Waals surface area contributed by atoms with Crippen molar-refractivity contribution in [1.29, 1.82) is 0 Å². The minimum Gasteiger partial charge on any atom is -0.317 e. The predicted octanol–water partition coefficient (Wildman–Crippen LogP) is 1.94. The Kier molecular flexibility index (Phi) is 4.10. The number of hydrogen-bond donors (Lipinski definition) is 1. The zero-order valence-electron chi connectivity index (χ0n) is 12.2. The van der Waals surface area contributed by atoms with Gasteiger partial charge in [-0.15, -0.1) is 5.10 Å². The first-order chi connectivity index (χ1) is 10.2. The number of aromatic nitrogens is 3. The molecule has 0 bridgehead atoms. The van der Waals surface area contributed by atoms with Gasteiger partial charge in [0.05, 0.1) is 12.2 Å². The molecular weight excluding hydrogens is 264 g/mol. The molecule has 2 aromatic rings. The second kappa shape index (κ2) is 6.18. The average molecular weight is 284 g/mol. The van der Waals surface area contributed by atoms with E-state index in [9.17, 15) is 4.79 Å². The van der Waals surface area contributed by atoms with E-state index in [0.717, 1.165) is 37.1 Å². The molecule has 110 valence electrons. The summed E-state index contributed by atoms with van der Waals surface area (Å²) in [6.45, 7) is 4.02. The van der Waals surface area contributed by atoms with Gasteiger partial charge in [0.1, 0.15) is 5.69 Å². The summed E-state index contributed by atoms with van der Waals surface area (Å²) < 4.78 is 1.85. The van der Waals surface area contributed by atoms with Crippen LogP contribution in [-0.2, 0) is 6.42 Å². The van der Waals surface area contributed by atoms with Crippen molar-refractivity contribution in [2.45, 2.75) is 32.2 Å². The van der Waals surface area contributed by atoms with Gasteiger partial charge >= 0.3 is 0 Å². The maximum atomic E-state index is 12.3. The van der Waals surface area contributed by atoms with Crippen LogP contribution in [0.2, 0.25) is 0 Å². The van der Waals surface area contributed by atoms with Crippen LogP contribution in [-0.4, -0.2) is 33.9 Å². The number of carbonyl (C=O) groups excluding carboxylic acids is 1. The first-order valence-electron chi connectivity index (χ1n) is 7.44. The van der Waals surface area contributed by atoms with Gasteiger partial charge in [-0.05, 0) is 44.0 Å². The molecule has 1 aliphatic rings. The third-order valence-corrected chi connectivity index (χ3v) is 4.09. The number of nitrogens with zero attached hydrogens (tertiary/aromatic N) is 3. The SMILES string of the molecule is Cc1ccccc1CC(=O)c1cn(C2CCNCC2)nn1. The van der Waals surface area contributed by atoms with Crippen molar-refractivity contribution in [3.8, 4) is 0 Å². The van der Waals surface area contributed by atoms with Crippen LogP contribution in [0.25, 0.3) is 0 Å². The monoisotopic (exact) mass is 284 g/mol. The average Bonchev–Trinajstić information content (AvgIpc) is 3.00. The number of aryl methyl sites for hydroxylation is 1. The maximum Gasteiger partial charge on any atom is 0.189 e. The molecular formula is C16H20N4O. The summed E-state index contributed by atoms with van der Waals surface area (Å²) in [5, 5.41) is 11.5. The first kappa shape index (κ1) is 13.9. The van der Waals surface area contributed by atoms with Crippen LogP contribution < -0.4 is 5.32 Å². The van der Waals surface area contributed by atoms with Gasteiger partial charge in [0.2, 0.25) is 0 Å². The zero-order chi connectivity index (χ0) is 14.7. The van der Waals surface area contributed by atoms with Crippen molar-refractivity contribution < 1.29 is 4.79 Å². The van der Waals surface area contributed by atoms with E-state index in [1.807, 2.05) is 35.9 Å². The zero-order valence-corrected chi connectivity index (χ0v) is 12.2. The van der Waals surface area contributed by atoms with Gasteiger partial charge in [-0.2, -0.15) is 0 Å². The van der Waals surface area contributed by atoms with Crippen molar-refractivity contribution in [3.63, 3.8) is 0 Å². The van der Waals surface area contributed by atoms with Crippen molar-refractivity contribution in [1.82, 2.24) is 20.3 Å². The lowest BCUT2D eigenvalue weighted by Gasteiger charge is -2.22. The van der Waals surface area contributed by atoms with Crippen LogP contribution in [0.5, 0.6) is 0 Å². The third kappa shape index (κ3) is 3.19. The molecule has 0 saturated carbocycles. The third-order valence-electron chi connectivity index (χ3n) is 4.09. The lowest BCUT2D eigenvalue weighted by atomic mass is 10.0. The fourth-order valence-electron chi connectivity index (χ4n) is 2.73. The van der Waals surface area contributed by atoms with Crippen molar-refractivity contribution in [2.75, 3.05) is 13.1 Å². The Morgan fingerprint density at radius 2 is 2.10 bits per heavy atom. The van der Waals surface area contributed by atoms with Gasteiger partial charge in [-0.1, -0.05) is 29.5 Å². The first-order valence-corrected chi connectivity index (χ1v) is 7.44. The van der Waals surface area contributed by atoms with Crippen molar-refractivity contribution >= 4 is 5.78 Å². The molecule has 1 fully saturated rings. The molecule has 0 aliphatic carbocycles. The Hall–Kier alpha value is -2.01. The number of benzene rings is 1. The van der Waals surface area contributed by atoms with Crippen LogP contribution >= 0.6 is 0 Å². The molecule has 1 aromatic carbocycles. The van der Waals surface area contributed by atoms with Gasteiger partial charge in [-0.3, -0.25) is 4.79 Å². The number of nitrogens with one attached hydrogen (secondary N) is 1. The van der Waals surface area contributed by atoms with E-state index >= 15 is 0 Å². The molecule has 5 heteroatoms. The summed E-state index contributed by atoms with van der Waals surface area (Å²) in [5.41, 5.74) is 2.66. The Morgan fingerprint density at radius 1 is 1.33 bits per heavy atom. The Bertz CT molecular complexity index is 629. The lowest BCUT2D eigenvalue weighted by Crippen LogP contribution is -2.29. The Labute approximate surface area is 124 Å². The van der Waals surface area contributed by atoms with Gasteiger partial charge < -0.3 is 5.32 Å². The standard InChI is InChI=1S/C16H20N4O/c1-12-4-2-3-5-13(12)10-16(21)15-11-20(19-18-15)14-6-8-17-9-7-14/h2-5,11,14,17H,6-10H2,1H3. The fourth-order valence-corrected chi connectivity index (χ4v) is 2.73. The Balaban J connectivity index is 1.71. The van der Waals surface area contributed by atoms with Crippen LogP contribution in [0.3, 0.4) is 0 Å². The van der Waals surface area contributed by atoms with E-state index in [1.54, 1.807) is 6.20 Å². The highest BCUT2D eigenvalue weighted by atomic mass is 16.1. The molecule has 1 saturated heterocycles. The van der Waals surface area contributed by atoms with E-state index in [2.05, 4.69) is 15.6 Å². The number of carbonyl (C=O) groups is 1. The van der Waals surface area contributed by atoms with E-state index < -0.39 is 0 Å². The van der Waals surface area contributed by atoms with Crippen LogP contribution in [0.1, 0.15) is 40.5 Å². The van der Waals surface area contributed by atoms with Gasteiger partial charge in [-0.25, -0.2) is 4.68 Å². The number of rotatable bonds is 4. The molecule has 0 unspecified atom stereocenters. The van der Waals surface area contributed by atoms with Crippen LogP contribution in [0.4, 0.5) is 0 Å². The normalized spacial score (nSPS) is 16.0. The molecule has 5 nitrogen and oxygen atoms in total. The highest BCUT2D eigenvalue weighted by Crippen LogP contribution is 2.18. The number of piperidine rings is 1. The van der Waals surface area contributed by atoms with E-state index in [4.69, 9.17) is 0 Å². The number of hydrogen-bond acceptors (Lipinski definition) is 4. The molecule has 1 aliphatic heterocycles. The summed E-state index contributed by atoms with van der Waals surface area (Å²) in [6, 6.07) is 8.32. The summed E-state index contributed by atoms with van der Waals surface area (Å²) in [4.78, 5) is 12.3. The smallest absolute Gasteiger partial charge is 0.189 e. The molecule has 0 spiro atoms. The predicted molar refractivity (Wildman–Crippen MR) is 80.4 cm³/mol. The van der Waals surface area contributed by atoms with E-state index in [0.29, 0.717) is 18.2 Å². The molecule has 1 N–H and O–H groups in total. The summed E-state index contributed by atoms with van der Waals surface area (Å²) in [5.74, 6) is 0.0319. The molecule has 21 heavy (non-hydrogen) atoms. The second-order valence-electron chi connectivity index (χ2n) is 5.59. The lowest BCUT2D eigenvalue weighted by molar-refractivity contribution is 0.0988. The Morgan fingerprint density at radius 3 is 2.86 bits per heavy atom. The van der Waals surface area contributed by atoms with E-state index in [-0.39, 0.29) is 5.78 Å². The molecule has 0 amide bonds. The molecule has 1 aromatic heterocycles. The molecule has 2 heterocycles. The summed E-state index contributed by atoms with van der Waals surface area (Å²) in [7, 11) is 0. The summed E-state index contributed by atoms with van der Waals surface area (Å²) in [6.07, 6.45) is 4.26. The van der Waals surface area contributed by atoms with Crippen molar-refractivity contribution in [2.24, 2.45) is 0 Å². The fraction of sp³-hybridized carbons (Fsp3) is 0.438. The van der Waals surface area contributed by atoms with Crippen LogP contribution in [0, 0.1) is 6.92 Å². The number of Topliss-reactive ketones (excluding diaryl/α,β-unsaturated/α-hetero) is 1. The van der Waals surface area contributed by atoms with Gasteiger partial charge in [0, 0.05) is 6.42 Å². The largest absolute Gasteiger partial charge is 0.317 e. The number of ketones is 1. The topological polar surface area (TPSA) is 59.8 Å². The quantitative estimate of drug-likeness (QED) is 0.872. The summed E-state index contributed by atoms with van der Waals surface area (Å²) >= 11 is 0. The molecule has 0 radical (unpaired) electrons. The van der Waals surface area contributed by atoms with E-state index in [1.165, 1.54) is 0 Å². The minimum atomic E-state index is 0.0319. The minimum absolute atomic E-state index is 0.0319. The molecule has 0 atom stereocenters. The maximum absolute atomic E-state index is 12.3. The second-order valence-corrected chi connectivity index (χ2v) is 5.59. The van der Waals surface area contributed by atoms with Gasteiger partial charge in [0.25, 0.3) is 0 Å². The van der Waals surface area contributed by atoms with Gasteiger partial charge in [0.15, 0.2) is 5.78 Å². The molecule has 3 rings (SSSR count).